The summed E-state index contributed by atoms with van der Waals surface area (Å²) in [6, 6.07) is 7.40. The molecule has 1 rings (SSSR count). The number of nitrogens with one attached hydrogen (secondary N) is 3. The summed E-state index contributed by atoms with van der Waals surface area (Å²) in [7, 11) is 0. The molecule has 0 saturated heterocycles. The summed E-state index contributed by atoms with van der Waals surface area (Å²) in [5, 5.41) is 9.85. The van der Waals surface area contributed by atoms with E-state index in [1.54, 1.807) is 12.1 Å². The normalized spacial score (nSPS) is 12.2. The maximum absolute atomic E-state index is 11.6. The van der Waals surface area contributed by atoms with Crippen LogP contribution in [0.25, 0.3) is 0 Å². The van der Waals surface area contributed by atoms with E-state index >= 15 is 0 Å². The first kappa shape index (κ1) is 24.8. The Morgan fingerprint density at radius 3 is 2.42 bits per heavy atom. The Bertz CT molecular complexity index is 553. The lowest BCUT2D eigenvalue weighted by molar-refractivity contribution is -0.121. The van der Waals surface area contributed by atoms with Crippen LogP contribution in [0.3, 0.4) is 0 Å². The number of hydrogen-bond acceptors (Lipinski definition) is 3. The molecule has 0 spiro atoms. The Labute approximate surface area is 178 Å². The van der Waals surface area contributed by atoms with E-state index in [1.165, 1.54) is 0 Å². The van der Waals surface area contributed by atoms with Gasteiger partial charge in [0.2, 0.25) is 5.91 Å². The van der Waals surface area contributed by atoms with Gasteiger partial charge < -0.3 is 20.7 Å². The number of ether oxygens (including phenoxy) is 1. The number of hydrogen-bond donors (Lipinski definition) is 3. The van der Waals surface area contributed by atoms with Crippen LogP contribution in [-0.2, 0) is 4.79 Å². The zero-order valence-electron chi connectivity index (χ0n) is 15.8. The fourth-order valence-corrected chi connectivity index (χ4v) is 2.16. The van der Waals surface area contributed by atoms with Crippen LogP contribution in [-0.4, -0.2) is 43.6 Å². The molecule has 1 aromatic carbocycles. The van der Waals surface area contributed by atoms with Crippen molar-refractivity contribution in [2.75, 3.05) is 19.6 Å². The van der Waals surface area contributed by atoms with Gasteiger partial charge in [0.25, 0.3) is 0 Å². The molecule has 0 aromatic heterocycles. The van der Waals surface area contributed by atoms with E-state index in [0.717, 1.165) is 12.3 Å². The molecule has 1 atom stereocenters. The van der Waals surface area contributed by atoms with E-state index in [-0.39, 0.29) is 42.0 Å². The van der Waals surface area contributed by atoms with Gasteiger partial charge in [0.15, 0.2) is 5.96 Å². The van der Waals surface area contributed by atoms with Crippen LogP contribution in [0, 0.1) is 0 Å². The lowest BCUT2D eigenvalue weighted by atomic mass is 10.3. The van der Waals surface area contributed by atoms with Crippen LogP contribution in [0.2, 0.25) is 5.02 Å². The Kier molecular flexibility index (Phi) is 13.3. The fourth-order valence-electron chi connectivity index (χ4n) is 2.03. The van der Waals surface area contributed by atoms with E-state index in [0.29, 0.717) is 30.5 Å². The molecule has 3 N–H and O–H groups in total. The number of aliphatic imine (C=N–C) groups is 1. The van der Waals surface area contributed by atoms with Gasteiger partial charge in [0.1, 0.15) is 11.9 Å². The standard InChI is InChI=1S/C18H29ClN4O2.HI/c1-5-20-18(21-11-10-17(24)23-13(2)3)22-12-14(4)25-16-8-6-15(19)7-9-16;/h6-9,13-14H,5,10-12H2,1-4H3,(H,23,24)(H2,20,21,22);1H. The van der Waals surface area contributed by atoms with E-state index < -0.39 is 0 Å². The van der Waals surface area contributed by atoms with Gasteiger partial charge >= 0.3 is 0 Å². The van der Waals surface area contributed by atoms with Crippen LogP contribution >= 0.6 is 35.6 Å². The number of nitrogens with zero attached hydrogens (tertiary/aromatic N) is 1. The zero-order chi connectivity index (χ0) is 18.7. The Morgan fingerprint density at radius 1 is 1.19 bits per heavy atom. The molecule has 0 saturated carbocycles. The molecule has 8 heteroatoms. The second kappa shape index (κ2) is 13.9. The minimum Gasteiger partial charge on any atom is -0.489 e. The minimum atomic E-state index is -0.0825. The smallest absolute Gasteiger partial charge is 0.221 e. The molecule has 0 aliphatic rings. The monoisotopic (exact) mass is 496 g/mol. The average Bonchev–Trinajstić information content (AvgIpc) is 2.54. The highest BCUT2D eigenvalue weighted by molar-refractivity contribution is 14.0. The third-order valence-electron chi connectivity index (χ3n) is 3.10. The molecular formula is C18H30ClIN4O2. The van der Waals surface area contributed by atoms with Crippen LogP contribution < -0.4 is 20.7 Å². The molecular weight excluding hydrogens is 467 g/mol. The molecule has 1 amide bonds. The van der Waals surface area contributed by atoms with E-state index in [9.17, 15) is 4.79 Å². The second-order valence-electron chi connectivity index (χ2n) is 6.00. The van der Waals surface area contributed by atoms with Gasteiger partial charge in [-0.1, -0.05) is 11.6 Å². The summed E-state index contributed by atoms with van der Waals surface area (Å²) in [6.45, 7) is 9.61. The number of rotatable bonds is 9. The van der Waals surface area contributed by atoms with Gasteiger partial charge in [-0.2, -0.15) is 0 Å². The fraction of sp³-hybridized carbons (Fsp3) is 0.556. The Hall–Kier alpha value is -1.22. The van der Waals surface area contributed by atoms with Crippen molar-refractivity contribution in [1.29, 1.82) is 0 Å². The quantitative estimate of drug-likeness (QED) is 0.279. The predicted octanol–water partition coefficient (Wildman–Crippen LogP) is 3.20. The van der Waals surface area contributed by atoms with Gasteiger partial charge in [-0.15, -0.1) is 24.0 Å². The molecule has 0 aliphatic heterocycles. The highest BCUT2D eigenvalue weighted by atomic mass is 127. The molecule has 6 nitrogen and oxygen atoms in total. The summed E-state index contributed by atoms with van der Waals surface area (Å²) in [5.74, 6) is 1.46. The number of carbonyl (C=O) groups is 1. The first-order valence-electron chi connectivity index (χ1n) is 8.64. The summed E-state index contributed by atoms with van der Waals surface area (Å²) < 4.78 is 5.80. The van der Waals surface area contributed by atoms with Crippen LogP contribution in [0.4, 0.5) is 0 Å². The van der Waals surface area contributed by atoms with Crippen molar-refractivity contribution in [2.24, 2.45) is 4.99 Å². The molecule has 1 aromatic rings. The number of benzene rings is 1. The Balaban J connectivity index is 0.00000625. The largest absolute Gasteiger partial charge is 0.489 e. The molecule has 148 valence electrons. The van der Waals surface area contributed by atoms with Crippen LogP contribution in [0.5, 0.6) is 5.75 Å². The van der Waals surface area contributed by atoms with Gasteiger partial charge in [-0.05, 0) is 52.0 Å². The van der Waals surface area contributed by atoms with Crippen molar-refractivity contribution >= 4 is 47.4 Å². The third kappa shape index (κ3) is 11.4. The van der Waals surface area contributed by atoms with Crippen LogP contribution in [0.1, 0.15) is 34.1 Å². The van der Waals surface area contributed by atoms with Crippen LogP contribution in [0.15, 0.2) is 29.3 Å². The van der Waals surface area contributed by atoms with E-state index in [1.807, 2.05) is 39.8 Å². The third-order valence-corrected chi connectivity index (χ3v) is 3.35. The lowest BCUT2D eigenvalue weighted by Gasteiger charge is -2.15. The summed E-state index contributed by atoms with van der Waals surface area (Å²) in [4.78, 5) is 16.1. The first-order chi connectivity index (χ1) is 11.9. The van der Waals surface area contributed by atoms with Gasteiger partial charge in [-0.3, -0.25) is 4.79 Å². The molecule has 0 fully saturated rings. The zero-order valence-corrected chi connectivity index (χ0v) is 18.9. The van der Waals surface area contributed by atoms with E-state index in [2.05, 4.69) is 20.9 Å². The number of amides is 1. The molecule has 0 aliphatic carbocycles. The summed E-state index contributed by atoms with van der Waals surface area (Å²) >= 11 is 5.86. The predicted molar refractivity (Wildman–Crippen MR) is 119 cm³/mol. The van der Waals surface area contributed by atoms with Crippen molar-refractivity contribution in [3.63, 3.8) is 0 Å². The average molecular weight is 497 g/mol. The van der Waals surface area contributed by atoms with Crippen molar-refractivity contribution < 1.29 is 9.53 Å². The van der Waals surface area contributed by atoms with Crippen molar-refractivity contribution in [1.82, 2.24) is 16.0 Å². The molecule has 26 heavy (non-hydrogen) atoms. The van der Waals surface area contributed by atoms with E-state index in [4.69, 9.17) is 16.3 Å². The van der Waals surface area contributed by atoms with Crippen molar-refractivity contribution in [3.05, 3.63) is 29.3 Å². The second-order valence-corrected chi connectivity index (χ2v) is 6.44. The first-order valence-corrected chi connectivity index (χ1v) is 9.02. The van der Waals surface area contributed by atoms with Gasteiger partial charge in [0.05, 0.1) is 6.54 Å². The maximum atomic E-state index is 11.6. The molecule has 0 radical (unpaired) electrons. The lowest BCUT2D eigenvalue weighted by Crippen LogP contribution is -2.40. The Morgan fingerprint density at radius 2 is 1.85 bits per heavy atom. The van der Waals surface area contributed by atoms with Gasteiger partial charge in [-0.25, -0.2) is 4.99 Å². The number of halogens is 2. The molecule has 1 unspecified atom stereocenters. The summed E-state index contributed by atoms with van der Waals surface area (Å²) in [6.07, 6.45) is 0.320. The number of carbonyl (C=O) groups excluding carboxylic acids is 1. The van der Waals surface area contributed by atoms with Crippen molar-refractivity contribution in [3.8, 4) is 5.75 Å². The molecule has 0 heterocycles. The molecule has 0 bridgehead atoms. The number of guanidine groups is 1. The topological polar surface area (TPSA) is 74.8 Å². The van der Waals surface area contributed by atoms with Gasteiger partial charge in [0, 0.05) is 30.6 Å². The maximum Gasteiger partial charge on any atom is 0.221 e. The highest BCUT2D eigenvalue weighted by Crippen LogP contribution is 2.16. The van der Waals surface area contributed by atoms with Crippen molar-refractivity contribution in [2.45, 2.75) is 46.3 Å². The summed E-state index contributed by atoms with van der Waals surface area (Å²) in [5.41, 5.74) is 0. The highest BCUT2D eigenvalue weighted by Gasteiger charge is 2.06. The minimum absolute atomic E-state index is 0. The SMILES string of the molecule is CCNC(=NCC(C)Oc1ccc(Cl)cc1)NCCC(=O)NC(C)C.I.